The maximum Gasteiger partial charge on any atom is 0.338 e. The van der Waals surface area contributed by atoms with Crippen LogP contribution in [0.3, 0.4) is 0 Å². The second-order valence-corrected chi connectivity index (χ2v) is 7.65. The molecule has 1 fully saturated rings. The Labute approximate surface area is 200 Å². The van der Waals surface area contributed by atoms with Crippen molar-refractivity contribution < 1.29 is 29.2 Å². The van der Waals surface area contributed by atoms with Crippen LogP contribution in [-0.4, -0.2) is 34.3 Å². The molecule has 35 heavy (non-hydrogen) atoms. The molecule has 1 heterocycles. The molecule has 1 saturated heterocycles. The Morgan fingerprint density at radius 3 is 2.17 bits per heavy atom. The maximum atomic E-state index is 13.2. The van der Waals surface area contributed by atoms with Gasteiger partial charge in [0, 0.05) is 23.4 Å². The summed E-state index contributed by atoms with van der Waals surface area (Å²) in [5, 5.41) is 22.1. The molecule has 9 nitrogen and oxygen atoms in total. The molecule has 3 aromatic carbocycles. The van der Waals surface area contributed by atoms with E-state index in [0.29, 0.717) is 16.8 Å². The van der Waals surface area contributed by atoms with E-state index in [1.165, 1.54) is 53.4 Å². The molecule has 4 rings (SSSR count). The lowest BCUT2D eigenvalue weighted by atomic mass is 9.95. The van der Waals surface area contributed by atoms with Gasteiger partial charge < -0.3 is 9.84 Å². The molecular weight excluding hydrogens is 452 g/mol. The minimum Gasteiger partial charge on any atom is -0.507 e. The fourth-order valence-corrected chi connectivity index (χ4v) is 3.92. The number of rotatable bonds is 6. The number of amides is 1. The van der Waals surface area contributed by atoms with Crippen LogP contribution in [0.4, 0.5) is 11.4 Å². The summed E-state index contributed by atoms with van der Waals surface area (Å²) in [6.45, 7) is 1.89. The lowest BCUT2D eigenvalue weighted by Crippen LogP contribution is -2.29. The van der Waals surface area contributed by atoms with E-state index < -0.39 is 28.6 Å². The molecule has 1 atom stereocenters. The molecule has 0 aromatic heterocycles. The standard InChI is InChI=1S/C26H20N2O7/c1-2-35-26(32)18-10-12-19(13-11-18)27-22(16-8-14-20(15-9-16)28(33)34)21(24(30)25(27)31)23(29)17-6-4-3-5-7-17/h3-15,22,29H,2H2,1H3/t22-/m0/s1. The lowest BCUT2D eigenvalue weighted by molar-refractivity contribution is -0.384. The van der Waals surface area contributed by atoms with Crippen molar-refractivity contribution >= 4 is 34.8 Å². The quantitative estimate of drug-likeness (QED) is 0.141. The number of carbonyl (C=O) groups excluding carboxylic acids is 3. The predicted octanol–water partition coefficient (Wildman–Crippen LogP) is 4.40. The van der Waals surface area contributed by atoms with E-state index in [9.17, 15) is 29.6 Å². The summed E-state index contributed by atoms with van der Waals surface area (Å²) < 4.78 is 4.98. The SMILES string of the molecule is CCOC(=O)c1ccc(N2C(=O)C(=O)C(=C(O)c3ccccc3)[C@@H]2c2ccc([N+](=O)[O-])cc2)cc1. The van der Waals surface area contributed by atoms with E-state index in [0.717, 1.165) is 0 Å². The molecule has 0 saturated carbocycles. The molecular formula is C26H20N2O7. The van der Waals surface area contributed by atoms with Gasteiger partial charge in [0.05, 0.1) is 28.7 Å². The highest BCUT2D eigenvalue weighted by atomic mass is 16.6. The molecule has 0 spiro atoms. The number of nitrogens with zero attached hydrogens (tertiary/aromatic N) is 2. The first-order chi connectivity index (χ1) is 16.8. The number of non-ortho nitro benzene ring substituents is 1. The lowest BCUT2D eigenvalue weighted by Gasteiger charge is -2.25. The highest BCUT2D eigenvalue weighted by Crippen LogP contribution is 2.42. The van der Waals surface area contributed by atoms with Crippen LogP contribution in [0.2, 0.25) is 0 Å². The minimum atomic E-state index is -1.05. The van der Waals surface area contributed by atoms with E-state index in [-0.39, 0.29) is 29.2 Å². The Morgan fingerprint density at radius 1 is 0.971 bits per heavy atom. The Hall–Kier alpha value is -4.79. The number of hydrogen-bond acceptors (Lipinski definition) is 7. The molecule has 9 heteroatoms. The fraction of sp³-hybridized carbons (Fsp3) is 0.115. The van der Waals surface area contributed by atoms with Gasteiger partial charge in [-0.15, -0.1) is 0 Å². The van der Waals surface area contributed by atoms with Crippen LogP contribution in [0.15, 0.2) is 84.4 Å². The van der Waals surface area contributed by atoms with Crippen LogP contribution in [0.25, 0.3) is 5.76 Å². The first kappa shape index (κ1) is 23.4. The van der Waals surface area contributed by atoms with Crippen LogP contribution in [0.5, 0.6) is 0 Å². The normalized spacial score (nSPS) is 16.8. The van der Waals surface area contributed by atoms with Gasteiger partial charge in [0.2, 0.25) is 0 Å². The van der Waals surface area contributed by atoms with Crippen molar-refractivity contribution in [3.05, 3.63) is 111 Å². The van der Waals surface area contributed by atoms with Gasteiger partial charge in [-0.1, -0.05) is 30.3 Å². The number of nitro benzene ring substituents is 1. The highest BCUT2D eigenvalue weighted by Gasteiger charge is 2.47. The van der Waals surface area contributed by atoms with Crippen molar-refractivity contribution in [2.24, 2.45) is 0 Å². The van der Waals surface area contributed by atoms with E-state index in [1.54, 1.807) is 37.3 Å². The van der Waals surface area contributed by atoms with Crippen molar-refractivity contribution in [2.75, 3.05) is 11.5 Å². The third-order valence-corrected chi connectivity index (χ3v) is 5.57. The van der Waals surface area contributed by atoms with Crippen molar-refractivity contribution in [1.82, 2.24) is 0 Å². The number of ether oxygens (including phenoxy) is 1. The van der Waals surface area contributed by atoms with Gasteiger partial charge in [0.25, 0.3) is 17.4 Å². The van der Waals surface area contributed by atoms with Crippen molar-refractivity contribution in [3.63, 3.8) is 0 Å². The third-order valence-electron chi connectivity index (χ3n) is 5.57. The summed E-state index contributed by atoms with van der Waals surface area (Å²) in [6, 6.07) is 18.6. The molecule has 0 bridgehead atoms. The highest BCUT2D eigenvalue weighted by molar-refractivity contribution is 6.51. The molecule has 1 N–H and O–H groups in total. The molecule has 1 aliphatic heterocycles. The number of nitro groups is 1. The number of hydrogen-bond donors (Lipinski definition) is 1. The molecule has 0 aliphatic carbocycles. The van der Waals surface area contributed by atoms with Crippen LogP contribution < -0.4 is 4.90 Å². The number of aliphatic hydroxyl groups excluding tert-OH is 1. The van der Waals surface area contributed by atoms with Gasteiger partial charge in [-0.25, -0.2) is 4.79 Å². The minimum absolute atomic E-state index is 0.149. The Kier molecular flexibility index (Phi) is 6.41. The Balaban J connectivity index is 1.86. The molecule has 0 unspecified atom stereocenters. The average Bonchev–Trinajstić information content (AvgIpc) is 3.14. The van der Waals surface area contributed by atoms with Crippen molar-refractivity contribution in [2.45, 2.75) is 13.0 Å². The van der Waals surface area contributed by atoms with E-state index >= 15 is 0 Å². The zero-order valence-electron chi connectivity index (χ0n) is 18.6. The Bertz CT molecular complexity index is 1330. The maximum absolute atomic E-state index is 13.2. The summed E-state index contributed by atoms with van der Waals surface area (Å²) in [5.74, 6) is -2.67. The van der Waals surface area contributed by atoms with Gasteiger partial charge >= 0.3 is 5.97 Å². The van der Waals surface area contributed by atoms with E-state index in [2.05, 4.69) is 0 Å². The predicted molar refractivity (Wildman–Crippen MR) is 127 cm³/mol. The topological polar surface area (TPSA) is 127 Å². The van der Waals surface area contributed by atoms with E-state index in [1.807, 2.05) is 0 Å². The summed E-state index contributed by atoms with van der Waals surface area (Å²) in [5.41, 5.74) is 0.993. The molecule has 0 radical (unpaired) electrons. The second-order valence-electron chi connectivity index (χ2n) is 7.65. The zero-order valence-corrected chi connectivity index (χ0v) is 18.6. The van der Waals surface area contributed by atoms with Crippen LogP contribution >= 0.6 is 0 Å². The number of esters is 1. The average molecular weight is 472 g/mol. The number of ketones is 1. The number of aliphatic hydroxyl groups is 1. The van der Waals surface area contributed by atoms with Gasteiger partial charge in [-0.05, 0) is 48.9 Å². The molecule has 3 aromatic rings. The number of Topliss-reactive ketones (excluding diaryl/α,β-unsaturated/α-hetero) is 1. The summed E-state index contributed by atoms with van der Waals surface area (Å²) in [7, 11) is 0. The Morgan fingerprint density at radius 2 is 1.60 bits per heavy atom. The van der Waals surface area contributed by atoms with Crippen molar-refractivity contribution in [3.8, 4) is 0 Å². The van der Waals surface area contributed by atoms with Gasteiger partial charge in [0.15, 0.2) is 0 Å². The fourth-order valence-electron chi connectivity index (χ4n) is 3.92. The van der Waals surface area contributed by atoms with Gasteiger partial charge in [-0.2, -0.15) is 0 Å². The summed E-state index contributed by atoms with van der Waals surface area (Å²) >= 11 is 0. The number of anilines is 1. The summed E-state index contributed by atoms with van der Waals surface area (Å²) in [6.07, 6.45) is 0. The van der Waals surface area contributed by atoms with Crippen LogP contribution in [0.1, 0.15) is 34.5 Å². The second kappa shape index (κ2) is 9.60. The first-order valence-corrected chi connectivity index (χ1v) is 10.7. The number of carbonyl (C=O) groups is 3. The first-order valence-electron chi connectivity index (χ1n) is 10.7. The number of benzene rings is 3. The largest absolute Gasteiger partial charge is 0.507 e. The smallest absolute Gasteiger partial charge is 0.338 e. The molecule has 176 valence electrons. The van der Waals surface area contributed by atoms with Gasteiger partial charge in [-0.3, -0.25) is 24.6 Å². The van der Waals surface area contributed by atoms with Crippen molar-refractivity contribution in [1.29, 1.82) is 0 Å². The van der Waals surface area contributed by atoms with E-state index in [4.69, 9.17) is 4.74 Å². The summed E-state index contributed by atoms with van der Waals surface area (Å²) in [4.78, 5) is 50.1. The van der Waals surface area contributed by atoms with Crippen LogP contribution in [-0.2, 0) is 14.3 Å². The molecule has 1 aliphatic rings. The zero-order chi connectivity index (χ0) is 25.1. The van der Waals surface area contributed by atoms with Gasteiger partial charge in [0.1, 0.15) is 5.76 Å². The molecule has 1 amide bonds. The monoisotopic (exact) mass is 472 g/mol. The van der Waals surface area contributed by atoms with Crippen LogP contribution in [0, 0.1) is 10.1 Å². The third kappa shape index (κ3) is 4.39.